The van der Waals surface area contributed by atoms with Gasteiger partial charge in [0.2, 0.25) is 0 Å². The molecule has 7 heteroatoms. The highest BCUT2D eigenvalue weighted by molar-refractivity contribution is 8.03. The molecule has 4 nitrogen and oxygen atoms in total. The smallest absolute Gasteiger partial charge is 0.124 e. The lowest BCUT2D eigenvalue weighted by Crippen LogP contribution is -2.30. The number of para-hydroxylation sites is 1. The van der Waals surface area contributed by atoms with E-state index >= 15 is 0 Å². The van der Waals surface area contributed by atoms with Crippen molar-refractivity contribution < 1.29 is 0 Å². The van der Waals surface area contributed by atoms with Crippen LogP contribution in [0.4, 0.5) is 11.4 Å². The number of aryl methyl sites for hydroxylation is 1. The fraction of sp³-hybridized carbons (Fsp3) is 0.176. The van der Waals surface area contributed by atoms with Gasteiger partial charge < -0.3 is 5.73 Å². The van der Waals surface area contributed by atoms with E-state index in [0.717, 1.165) is 17.0 Å². The molecule has 2 aromatic rings. The Hall–Kier alpha value is -1.69. The van der Waals surface area contributed by atoms with Crippen molar-refractivity contribution >= 4 is 58.1 Å². The van der Waals surface area contributed by atoms with E-state index in [4.69, 9.17) is 28.9 Å². The second-order valence-corrected chi connectivity index (χ2v) is 7.29. The highest BCUT2D eigenvalue weighted by Gasteiger charge is 2.29. The van der Waals surface area contributed by atoms with Gasteiger partial charge in [-0.2, -0.15) is 5.10 Å². The van der Waals surface area contributed by atoms with Crippen LogP contribution in [0.15, 0.2) is 52.6 Å². The average molecular weight is 379 g/mol. The molecule has 0 amide bonds. The van der Waals surface area contributed by atoms with Gasteiger partial charge in [0.1, 0.15) is 11.1 Å². The first-order chi connectivity index (χ1) is 11.5. The number of benzene rings is 2. The van der Waals surface area contributed by atoms with Gasteiger partial charge >= 0.3 is 0 Å². The first kappa shape index (κ1) is 17.1. The maximum Gasteiger partial charge on any atom is 0.124 e. The standard InChI is InChI=1S/C17H16Cl2N4S/c1-10-9-12(18)7-8-15(10)23-22-11(2)16(24-23)17(20)21-14-6-4-3-5-13(14)19/h3-9,16H,1-2H3,(H2,20,21). The zero-order valence-corrected chi connectivity index (χ0v) is 15.5. The van der Waals surface area contributed by atoms with E-state index in [1.54, 1.807) is 6.07 Å². The van der Waals surface area contributed by atoms with Crippen LogP contribution in [0, 0.1) is 6.92 Å². The van der Waals surface area contributed by atoms with Gasteiger partial charge in [-0.1, -0.05) is 35.3 Å². The first-order valence-corrected chi connectivity index (χ1v) is 8.91. The quantitative estimate of drug-likeness (QED) is 0.453. The van der Waals surface area contributed by atoms with E-state index in [-0.39, 0.29) is 5.25 Å². The van der Waals surface area contributed by atoms with E-state index < -0.39 is 0 Å². The lowest BCUT2D eigenvalue weighted by molar-refractivity contribution is 1.19. The van der Waals surface area contributed by atoms with Gasteiger partial charge in [-0.05, 0) is 61.7 Å². The largest absolute Gasteiger partial charge is 0.386 e. The van der Waals surface area contributed by atoms with Crippen LogP contribution in [-0.4, -0.2) is 16.8 Å². The Morgan fingerprint density at radius 2 is 1.96 bits per heavy atom. The molecule has 0 saturated heterocycles. The van der Waals surface area contributed by atoms with Crippen molar-refractivity contribution in [2.45, 2.75) is 19.1 Å². The Morgan fingerprint density at radius 1 is 1.21 bits per heavy atom. The predicted molar refractivity (Wildman–Crippen MR) is 106 cm³/mol. The highest BCUT2D eigenvalue weighted by Crippen LogP contribution is 2.36. The van der Waals surface area contributed by atoms with Crippen molar-refractivity contribution in [3.63, 3.8) is 0 Å². The molecule has 0 fully saturated rings. The predicted octanol–water partition coefficient (Wildman–Crippen LogP) is 5.20. The summed E-state index contributed by atoms with van der Waals surface area (Å²) in [4.78, 5) is 4.47. The Bertz CT molecular complexity index is 835. The lowest BCUT2D eigenvalue weighted by Gasteiger charge is -2.17. The summed E-state index contributed by atoms with van der Waals surface area (Å²) in [6, 6.07) is 13.1. The summed E-state index contributed by atoms with van der Waals surface area (Å²) in [6.45, 7) is 3.94. The van der Waals surface area contributed by atoms with Crippen LogP contribution in [0.25, 0.3) is 0 Å². The molecule has 0 radical (unpaired) electrons. The number of anilines is 1. The minimum atomic E-state index is -0.128. The molecule has 2 aromatic carbocycles. The first-order valence-electron chi connectivity index (χ1n) is 7.32. The van der Waals surface area contributed by atoms with E-state index in [2.05, 4.69) is 10.1 Å². The third-order valence-electron chi connectivity index (χ3n) is 3.57. The van der Waals surface area contributed by atoms with Gasteiger partial charge in [0.15, 0.2) is 0 Å². The Balaban J connectivity index is 1.85. The molecule has 0 aliphatic carbocycles. The fourth-order valence-electron chi connectivity index (χ4n) is 2.35. The second kappa shape index (κ2) is 7.05. The lowest BCUT2D eigenvalue weighted by atomic mass is 10.2. The molecule has 24 heavy (non-hydrogen) atoms. The summed E-state index contributed by atoms with van der Waals surface area (Å²) < 4.78 is 1.86. The van der Waals surface area contributed by atoms with Crippen LogP contribution in [0.1, 0.15) is 12.5 Å². The van der Waals surface area contributed by atoms with Crippen LogP contribution in [-0.2, 0) is 0 Å². The van der Waals surface area contributed by atoms with Crippen molar-refractivity contribution in [3.05, 3.63) is 58.1 Å². The molecule has 124 valence electrons. The molecule has 1 atom stereocenters. The van der Waals surface area contributed by atoms with E-state index in [1.165, 1.54) is 11.9 Å². The number of hydrogen-bond donors (Lipinski definition) is 1. The van der Waals surface area contributed by atoms with E-state index in [1.807, 2.05) is 54.7 Å². The minimum absolute atomic E-state index is 0.128. The second-order valence-electron chi connectivity index (χ2n) is 5.42. The molecule has 0 aromatic heterocycles. The average Bonchev–Trinajstić information content (AvgIpc) is 2.91. The topological polar surface area (TPSA) is 54.0 Å². The molecule has 1 aliphatic heterocycles. The maximum atomic E-state index is 6.21. The monoisotopic (exact) mass is 378 g/mol. The third-order valence-corrected chi connectivity index (χ3v) is 5.39. The summed E-state index contributed by atoms with van der Waals surface area (Å²) >= 11 is 13.7. The molecule has 3 rings (SSSR count). The SMILES string of the molecule is CC1=NN(c2ccc(Cl)cc2C)SC1C(N)=Nc1ccccc1Cl. The number of amidine groups is 1. The summed E-state index contributed by atoms with van der Waals surface area (Å²) in [5.41, 5.74) is 9.80. The van der Waals surface area contributed by atoms with Crippen molar-refractivity contribution in [3.8, 4) is 0 Å². The summed E-state index contributed by atoms with van der Waals surface area (Å²) in [6.07, 6.45) is 0. The van der Waals surface area contributed by atoms with Crippen LogP contribution in [0.2, 0.25) is 10.0 Å². The molecular weight excluding hydrogens is 363 g/mol. The van der Waals surface area contributed by atoms with Gasteiger partial charge in [-0.15, -0.1) is 0 Å². The molecule has 1 unspecified atom stereocenters. The Kier molecular flexibility index (Phi) is 5.04. The summed E-state index contributed by atoms with van der Waals surface area (Å²) in [5.74, 6) is 0.475. The molecular formula is C17H16Cl2N4S. The fourth-order valence-corrected chi connectivity index (χ4v) is 3.81. The van der Waals surface area contributed by atoms with Gasteiger partial charge in [0.25, 0.3) is 0 Å². The Morgan fingerprint density at radius 3 is 2.67 bits per heavy atom. The molecule has 1 aliphatic rings. The number of hydrogen-bond acceptors (Lipinski definition) is 4. The molecule has 2 N–H and O–H groups in total. The van der Waals surface area contributed by atoms with Crippen molar-refractivity contribution in [2.75, 3.05) is 4.41 Å². The third kappa shape index (κ3) is 3.53. The van der Waals surface area contributed by atoms with Crippen LogP contribution < -0.4 is 10.1 Å². The molecule has 1 heterocycles. The van der Waals surface area contributed by atoms with E-state index in [0.29, 0.717) is 21.6 Å². The van der Waals surface area contributed by atoms with Gasteiger partial charge in [-0.25, -0.2) is 9.41 Å². The number of halogens is 2. The van der Waals surface area contributed by atoms with Crippen LogP contribution in [0.5, 0.6) is 0 Å². The number of nitrogens with zero attached hydrogens (tertiary/aromatic N) is 3. The summed E-state index contributed by atoms with van der Waals surface area (Å²) in [7, 11) is 0. The molecule has 0 saturated carbocycles. The number of nitrogens with two attached hydrogens (primary N) is 1. The van der Waals surface area contributed by atoms with Crippen molar-refractivity contribution in [1.82, 2.24) is 0 Å². The minimum Gasteiger partial charge on any atom is -0.386 e. The summed E-state index contributed by atoms with van der Waals surface area (Å²) in [5, 5.41) is 5.74. The normalized spacial score (nSPS) is 18.0. The van der Waals surface area contributed by atoms with Crippen molar-refractivity contribution in [2.24, 2.45) is 15.8 Å². The zero-order chi connectivity index (χ0) is 17.3. The zero-order valence-electron chi connectivity index (χ0n) is 13.2. The Labute approximate surface area is 155 Å². The highest BCUT2D eigenvalue weighted by atomic mass is 35.5. The van der Waals surface area contributed by atoms with Crippen LogP contribution >= 0.6 is 35.1 Å². The molecule has 0 spiro atoms. The van der Waals surface area contributed by atoms with Gasteiger partial charge in [0.05, 0.1) is 22.1 Å². The number of aliphatic imine (C=N–C) groups is 1. The maximum absolute atomic E-state index is 6.21. The molecule has 0 bridgehead atoms. The number of hydrazone groups is 1. The van der Waals surface area contributed by atoms with E-state index in [9.17, 15) is 0 Å². The van der Waals surface area contributed by atoms with Gasteiger partial charge in [-0.3, -0.25) is 0 Å². The number of rotatable bonds is 3. The van der Waals surface area contributed by atoms with Crippen molar-refractivity contribution in [1.29, 1.82) is 0 Å². The van der Waals surface area contributed by atoms with Gasteiger partial charge in [0, 0.05) is 5.02 Å². The van der Waals surface area contributed by atoms with Crippen LogP contribution in [0.3, 0.4) is 0 Å².